The van der Waals surface area contributed by atoms with Crippen molar-refractivity contribution in [1.29, 1.82) is 0 Å². The number of benzene rings is 1. The van der Waals surface area contributed by atoms with Gasteiger partial charge in [0.2, 0.25) is 0 Å². The molecule has 0 radical (unpaired) electrons. The Morgan fingerprint density at radius 2 is 2.05 bits per heavy atom. The summed E-state index contributed by atoms with van der Waals surface area (Å²) in [6.07, 6.45) is 2.46. The van der Waals surface area contributed by atoms with E-state index in [9.17, 15) is 4.79 Å². The number of carbonyl (C=O) groups is 1. The summed E-state index contributed by atoms with van der Waals surface area (Å²) in [4.78, 5) is 16.2. The molecule has 1 heterocycles. The van der Waals surface area contributed by atoms with Gasteiger partial charge < -0.3 is 0 Å². The van der Waals surface area contributed by atoms with Crippen molar-refractivity contribution in [3.63, 3.8) is 0 Å². The highest BCUT2D eigenvalue weighted by atomic mass is 32.1. The summed E-state index contributed by atoms with van der Waals surface area (Å²) in [5, 5.41) is 2.10. The fourth-order valence-corrected chi connectivity index (χ4v) is 3.24. The molecule has 1 fully saturated rings. The van der Waals surface area contributed by atoms with Gasteiger partial charge >= 0.3 is 0 Å². The predicted octanol–water partition coefficient (Wildman–Crippen LogP) is 3.90. The third-order valence-electron chi connectivity index (χ3n) is 3.79. The highest BCUT2D eigenvalue weighted by molar-refractivity contribution is 7.09. The number of nitrogens with zero attached hydrogens (tertiary/aromatic N) is 1. The minimum Gasteiger partial charge on any atom is -0.293 e. The average Bonchev–Trinajstić information content (AvgIpc) is 3.17. The third kappa shape index (κ3) is 3.17. The van der Waals surface area contributed by atoms with Crippen molar-refractivity contribution >= 4 is 17.1 Å². The van der Waals surface area contributed by atoms with Crippen molar-refractivity contribution in [3.8, 4) is 0 Å². The second kappa shape index (κ2) is 5.90. The zero-order valence-corrected chi connectivity index (χ0v) is 12.5. The van der Waals surface area contributed by atoms with Gasteiger partial charge in [0.1, 0.15) is 0 Å². The first-order valence-electron chi connectivity index (χ1n) is 7.09. The Morgan fingerprint density at radius 3 is 2.70 bits per heavy atom. The maximum atomic E-state index is 12.5. The van der Waals surface area contributed by atoms with Crippen LogP contribution >= 0.6 is 11.3 Å². The summed E-state index contributed by atoms with van der Waals surface area (Å²) in [5.41, 5.74) is 1.94. The van der Waals surface area contributed by atoms with Crippen molar-refractivity contribution in [1.82, 2.24) is 4.90 Å². The molecule has 1 aliphatic rings. The number of Topliss-reactive ketones (excluding diaryl/α,β-unsaturated/α-hetero) is 1. The molecule has 0 aliphatic heterocycles. The molecule has 104 valence electrons. The van der Waals surface area contributed by atoms with Crippen LogP contribution in [0.1, 0.15) is 33.6 Å². The molecular weight excluding hydrogens is 266 g/mol. The van der Waals surface area contributed by atoms with Crippen molar-refractivity contribution in [2.24, 2.45) is 0 Å². The Kier molecular flexibility index (Phi) is 3.99. The predicted molar refractivity (Wildman–Crippen MR) is 83.3 cm³/mol. The van der Waals surface area contributed by atoms with Crippen molar-refractivity contribution < 1.29 is 4.79 Å². The van der Waals surface area contributed by atoms with Gasteiger partial charge in [0, 0.05) is 23.0 Å². The molecule has 3 heteroatoms. The molecular formula is C17H19NOS. The van der Waals surface area contributed by atoms with Gasteiger partial charge in [-0.15, -0.1) is 11.3 Å². The van der Waals surface area contributed by atoms with E-state index in [4.69, 9.17) is 0 Å². The molecule has 3 rings (SSSR count). The number of carbonyl (C=O) groups excluding carboxylic acids is 1. The van der Waals surface area contributed by atoms with Gasteiger partial charge in [0.15, 0.2) is 5.78 Å². The Morgan fingerprint density at radius 1 is 1.25 bits per heavy atom. The second-order valence-electron chi connectivity index (χ2n) is 5.45. The molecule has 0 saturated heterocycles. The molecule has 0 spiro atoms. The van der Waals surface area contributed by atoms with Gasteiger partial charge in [-0.1, -0.05) is 30.3 Å². The number of hydrogen-bond donors (Lipinski definition) is 0. The van der Waals surface area contributed by atoms with Crippen LogP contribution in [0.25, 0.3) is 0 Å². The van der Waals surface area contributed by atoms with Crippen molar-refractivity contribution in [2.75, 3.05) is 6.54 Å². The van der Waals surface area contributed by atoms with Crippen molar-refractivity contribution in [2.45, 2.75) is 32.4 Å². The molecule has 0 N–H and O–H groups in total. The van der Waals surface area contributed by atoms with Gasteiger partial charge in [0.05, 0.1) is 6.54 Å². The van der Waals surface area contributed by atoms with Crippen LogP contribution in [0.15, 0.2) is 41.8 Å². The second-order valence-corrected chi connectivity index (χ2v) is 6.49. The molecule has 1 saturated carbocycles. The van der Waals surface area contributed by atoms with Gasteiger partial charge in [-0.3, -0.25) is 9.69 Å². The lowest BCUT2D eigenvalue weighted by molar-refractivity contribution is 0.0919. The van der Waals surface area contributed by atoms with E-state index in [0.29, 0.717) is 12.6 Å². The normalized spacial score (nSPS) is 14.7. The minimum atomic E-state index is 0.242. The van der Waals surface area contributed by atoms with Gasteiger partial charge in [0.25, 0.3) is 0 Å². The van der Waals surface area contributed by atoms with Crippen LogP contribution in [-0.2, 0) is 6.54 Å². The molecule has 2 aromatic rings. The molecule has 0 amide bonds. The highest BCUT2D eigenvalue weighted by Crippen LogP contribution is 2.29. The van der Waals surface area contributed by atoms with Crippen LogP contribution in [0.4, 0.5) is 0 Å². The fourth-order valence-electron chi connectivity index (χ4n) is 2.51. The maximum Gasteiger partial charge on any atom is 0.177 e. The Hall–Kier alpha value is -1.45. The Balaban J connectivity index is 1.70. The fraction of sp³-hybridized carbons (Fsp3) is 0.353. The first kappa shape index (κ1) is 13.5. The van der Waals surface area contributed by atoms with E-state index in [2.05, 4.69) is 22.4 Å². The summed E-state index contributed by atoms with van der Waals surface area (Å²) < 4.78 is 0. The summed E-state index contributed by atoms with van der Waals surface area (Å²) in [5.74, 6) is 0.242. The number of rotatable bonds is 6. The molecule has 20 heavy (non-hydrogen) atoms. The number of ketones is 1. The quantitative estimate of drug-likeness (QED) is 0.750. The summed E-state index contributed by atoms with van der Waals surface area (Å²) in [6, 6.07) is 12.7. The highest BCUT2D eigenvalue weighted by Gasteiger charge is 2.30. The first-order valence-corrected chi connectivity index (χ1v) is 7.97. The van der Waals surface area contributed by atoms with E-state index in [1.165, 1.54) is 17.7 Å². The van der Waals surface area contributed by atoms with Gasteiger partial charge in [-0.05, 0) is 36.8 Å². The first-order chi connectivity index (χ1) is 9.74. The number of hydrogen-bond acceptors (Lipinski definition) is 3. The van der Waals surface area contributed by atoms with E-state index in [-0.39, 0.29) is 5.78 Å². The van der Waals surface area contributed by atoms with Crippen LogP contribution in [-0.4, -0.2) is 23.3 Å². The standard InChI is InChI=1S/C17H19NOS/c1-13-5-2-3-7-16(13)17(19)12-18(14-8-9-14)11-15-6-4-10-20-15/h2-7,10,14H,8-9,11-12H2,1H3. The third-order valence-corrected chi connectivity index (χ3v) is 4.66. The van der Waals surface area contributed by atoms with E-state index < -0.39 is 0 Å². The summed E-state index contributed by atoms with van der Waals surface area (Å²) in [6.45, 7) is 3.45. The maximum absolute atomic E-state index is 12.5. The number of aryl methyl sites for hydroxylation is 1. The molecule has 2 nitrogen and oxygen atoms in total. The van der Waals surface area contributed by atoms with Crippen LogP contribution in [0.3, 0.4) is 0 Å². The van der Waals surface area contributed by atoms with Crippen molar-refractivity contribution in [3.05, 3.63) is 57.8 Å². The summed E-state index contributed by atoms with van der Waals surface area (Å²) >= 11 is 1.77. The Bertz CT molecular complexity index is 587. The topological polar surface area (TPSA) is 20.3 Å². The minimum absolute atomic E-state index is 0.242. The molecule has 1 aromatic heterocycles. The average molecular weight is 285 g/mol. The molecule has 1 aliphatic carbocycles. The molecule has 0 unspecified atom stereocenters. The van der Waals surface area contributed by atoms with Crippen LogP contribution in [0, 0.1) is 6.92 Å². The largest absolute Gasteiger partial charge is 0.293 e. The lowest BCUT2D eigenvalue weighted by Gasteiger charge is -2.20. The van der Waals surface area contributed by atoms with Gasteiger partial charge in [-0.25, -0.2) is 0 Å². The van der Waals surface area contributed by atoms with E-state index >= 15 is 0 Å². The van der Waals surface area contributed by atoms with Crippen LogP contribution in [0.5, 0.6) is 0 Å². The van der Waals surface area contributed by atoms with E-state index in [0.717, 1.165) is 17.7 Å². The zero-order chi connectivity index (χ0) is 13.9. The zero-order valence-electron chi connectivity index (χ0n) is 11.7. The lowest BCUT2D eigenvalue weighted by Crippen LogP contribution is -2.31. The van der Waals surface area contributed by atoms with E-state index in [1.54, 1.807) is 11.3 Å². The lowest BCUT2D eigenvalue weighted by atomic mass is 10.0. The smallest absolute Gasteiger partial charge is 0.177 e. The summed E-state index contributed by atoms with van der Waals surface area (Å²) in [7, 11) is 0. The molecule has 0 atom stereocenters. The van der Waals surface area contributed by atoms with Crippen LogP contribution < -0.4 is 0 Å². The molecule has 1 aromatic carbocycles. The van der Waals surface area contributed by atoms with Crippen LogP contribution in [0.2, 0.25) is 0 Å². The van der Waals surface area contributed by atoms with E-state index in [1.807, 2.05) is 31.2 Å². The van der Waals surface area contributed by atoms with Gasteiger partial charge in [-0.2, -0.15) is 0 Å². The number of thiophene rings is 1. The molecule has 0 bridgehead atoms. The monoisotopic (exact) mass is 285 g/mol. The SMILES string of the molecule is Cc1ccccc1C(=O)CN(Cc1cccs1)C1CC1. The Labute approximate surface area is 124 Å².